The molecule has 6 aliphatic rings. The highest BCUT2D eigenvalue weighted by Gasteiger charge is 2.74. The molecule has 0 amide bonds. The van der Waals surface area contributed by atoms with Gasteiger partial charge in [-0.2, -0.15) is 5.06 Å². The number of ketones is 1. The second-order valence-corrected chi connectivity index (χ2v) is 9.72. The van der Waals surface area contributed by atoms with E-state index in [2.05, 4.69) is 17.2 Å². The van der Waals surface area contributed by atoms with Crippen LogP contribution in [0.1, 0.15) is 25.3 Å². The number of hydrogen-bond acceptors (Lipinski definition) is 5. The Morgan fingerprint density at radius 3 is 2.81 bits per heavy atom. The number of allylic oxidation sites excluding steroid dienone is 5. The van der Waals surface area contributed by atoms with Gasteiger partial charge in [0.15, 0.2) is 5.78 Å². The lowest BCUT2D eigenvalue weighted by Gasteiger charge is -2.49. The Labute approximate surface area is 193 Å². The van der Waals surface area contributed by atoms with Gasteiger partial charge in [-0.25, -0.2) is 0 Å². The van der Waals surface area contributed by atoms with E-state index in [9.17, 15) is 4.79 Å². The Kier molecular flexibility index (Phi) is 4.74. The van der Waals surface area contributed by atoms with Crippen LogP contribution in [0.5, 0.6) is 0 Å². The highest BCUT2D eigenvalue weighted by Crippen LogP contribution is 2.56. The number of halogens is 1. The van der Waals surface area contributed by atoms with Crippen LogP contribution in [0.3, 0.4) is 0 Å². The predicted octanol–water partition coefficient (Wildman–Crippen LogP) is 4.08. The number of fused-ring (bicyclic) bond motifs is 4. The first-order valence-electron chi connectivity index (χ1n) is 11.5. The summed E-state index contributed by atoms with van der Waals surface area (Å²) < 4.78 is 6.42. The van der Waals surface area contributed by atoms with Gasteiger partial charge < -0.3 is 9.64 Å². The SMILES string of the molecule is CCOC1(c2ccccc2)CN2CC1(C(=O)C1=CC=CN3CCC4=CC=C(Cl)CC4C13)O2. The van der Waals surface area contributed by atoms with Gasteiger partial charge in [-0.3, -0.25) is 9.63 Å². The van der Waals surface area contributed by atoms with E-state index in [1.807, 2.05) is 60.5 Å². The number of carbonyl (C=O) groups excluding carboxylic acids is 1. The fraction of sp³-hybridized carbons (Fsp3) is 0.423. The number of Topliss-reactive ketones (excluding diaryl/α,β-unsaturated/α-hetero) is 1. The van der Waals surface area contributed by atoms with Gasteiger partial charge in [-0.15, -0.1) is 0 Å². The second-order valence-electron chi connectivity index (χ2n) is 9.23. The minimum atomic E-state index is -1.04. The number of nitrogens with zero attached hydrogens (tertiary/aromatic N) is 2. The highest BCUT2D eigenvalue weighted by atomic mass is 35.5. The van der Waals surface area contributed by atoms with E-state index in [4.69, 9.17) is 21.2 Å². The van der Waals surface area contributed by atoms with Gasteiger partial charge in [0.2, 0.25) is 5.60 Å². The molecular weight excluding hydrogens is 424 g/mol. The van der Waals surface area contributed by atoms with Gasteiger partial charge in [-0.1, -0.05) is 59.7 Å². The third kappa shape index (κ3) is 2.72. The summed E-state index contributed by atoms with van der Waals surface area (Å²) in [5.74, 6) is 0.239. The Morgan fingerprint density at radius 2 is 2.03 bits per heavy atom. The predicted molar refractivity (Wildman–Crippen MR) is 123 cm³/mol. The average Bonchev–Trinajstić information content (AvgIpc) is 3.30. The largest absolute Gasteiger partial charge is 0.369 e. The molecule has 1 aromatic rings. The van der Waals surface area contributed by atoms with E-state index in [1.54, 1.807) is 0 Å². The molecule has 7 rings (SSSR count). The van der Waals surface area contributed by atoms with Crippen molar-refractivity contribution in [2.75, 3.05) is 26.2 Å². The first kappa shape index (κ1) is 20.4. The molecule has 0 saturated carbocycles. The summed E-state index contributed by atoms with van der Waals surface area (Å²) >= 11 is 6.45. The molecule has 4 saturated heterocycles. The smallest absolute Gasteiger partial charge is 0.201 e. The van der Waals surface area contributed by atoms with Crippen molar-refractivity contribution >= 4 is 17.4 Å². The number of piperidine rings is 1. The average molecular weight is 451 g/mol. The van der Waals surface area contributed by atoms with Crippen molar-refractivity contribution in [3.63, 3.8) is 0 Å². The van der Waals surface area contributed by atoms with Crippen LogP contribution >= 0.6 is 11.6 Å². The maximum atomic E-state index is 14.4. The van der Waals surface area contributed by atoms with Gasteiger partial charge in [0, 0.05) is 29.7 Å². The van der Waals surface area contributed by atoms with Crippen LogP contribution in [-0.4, -0.2) is 53.6 Å². The first-order chi connectivity index (χ1) is 15.6. The molecule has 166 valence electrons. The Balaban J connectivity index is 1.41. The number of benzene rings is 1. The van der Waals surface area contributed by atoms with E-state index in [0.29, 0.717) is 19.7 Å². The standard InChI is InChI=1S/C26H27ClN2O3/c1-2-31-25(19-7-4-3-5-8-19)16-29-17-26(25,32-29)24(30)21-9-6-13-28-14-12-18-10-11-20(27)15-22(18)23(21)28/h3-11,13,22-23H,2,12,14-17H2,1H3. The van der Waals surface area contributed by atoms with E-state index in [-0.39, 0.29) is 17.7 Å². The van der Waals surface area contributed by atoms with E-state index >= 15 is 0 Å². The fourth-order valence-corrected chi connectivity index (χ4v) is 6.48. The molecule has 5 atom stereocenters. The van der Waals surface area contributed by atoms with Gasteiger partial charge in [0.05, 0.1) is 19.1 Å². The Bertz CT molecular complexity index is 1070. The van der Waals surface area contributed by atoms with Crippen LogP contribution in [-0.2, 0) is 20.0 Å². The molecule has 6 heteroatoms. The molecule has 5 heterocycles. The minimum Gasteiger partial charge on any atom is -0.369 e. The molecule has 1 aliphatic carbocycles. The molecule has 2 bridgehead atoms. The van der Waals surface area contributed by atoms with Crippen LogP contribution in [0.4, 0.5) is 0 Å². The van der Waals surface area contributed by atoms with Crippen molar-refractivity contribution in [2.24, 2.45) is 5.92 Å². The van der Waals surface area contributed by atoms with Crippen LogP contribution in [0.15, 0.2) is 77.0 Å². The summed E-state index contributed by atoms with van der Waals surface area (Å²) in [6.45, 7) is 4.48. The Morgan fingerprint density at radius 1 is 1.22 bits per heavy atom. The summed E-state index contributed by atoms with van der Waals surface area (Å²) in [7, 11) is 0. The zero-order valence-electron chi connectivity index (χ0n) is 18.2. The van der Waals surface area contributed by atoms with E-state index < -0.39 is 11.2 Å². The van der Waals surface area contributed by atoms with Gasteiger partial charge >= 0.3 is 0 Å². The quantitative estimate of drug-likeness (QED) is 0.676. The van der Waals surface area contributed by atoms with Crippen LogP contribution in [0.25, 0.3) is 0 Å². The number of ether oxygens (including phenoxy) is 1. The van der Waals surface area contributed by atoms with Crippen molar-refractivity contribution in [3.05, 3.63) is 82.6 Å². The lowest BCUT2D eigenvalue weighted by atomic mass is 9.69. The number of hydrogen-bond donors (Lipinski definition) is 0. The van der Waals surface area contributed by atoms with Gasteiger partial charge in [-0.05, 0) is 43.7 Å². The van der Waals surface area contributed by atoms with Crippen molar-refractivity contribution in [3.8, 4) is 0 Å². The maximum Gasteiger partial charge on any atom is 0.201 e. The topological polar surface area (TPSA) is 42.0 Å². The summed E-state index contributed by atoms with van der Waals surface area (Å²) in [5.41, 5.74) is 1.32. The highest BCUT2D eigenvalue weighted by molar-refractivity contribution is 6.29. The number of carbonyl (C=O) groups is 1. The van der Waals surface area contributed by atoms with Crippen molar-refractivity contribution in [1.82, 2.24) is 9.96 Å². The minimum absolute atomic E-state index is 0.0299. The van der Waals surface area contributed by atoms with Crippen LogP contribution in [0.2, 0.25) is 0 Å². The maximum absolute atomic E-state index is 14.4. The van der Waals surface area contributed by atoms with Gasteiger partial charge in [0.25, 0.3) is 0 Å². The van der Waals surface area contributed by atoms with Crippen LogP contribution < -0.4 is 0 Å². The molecule has 0 spiro atoms. The van der Waals surface area contributed by atoms with Crippen LogP contribution in [0, 0.1) is 5.92 Å². The molecule has 0 radical (unpaired) electrons. The summed E-state index contributed by atoms with van der Waals surface area (Å²) in [5, 5.41) is 2.71. The molecule has 5 nitrogen and oxygen atoms in total. The molecule has 0 N–H and O–H groups in total. The van der Waals surface area contributed by atoms with Gasteiger partial charge in [0.1, 0.15) is 5.60 Å². The first-order valence-corrected chi connectivity index (χ1v) is 11.8. The summed E-state index contributed by atoms with van der Waals surface area (Å²) in [4.78, 5) is 22.9. The molecule has 32 heavy (non-hydrogen) atoms. The third-order valence-corrected chi connectivity index (χ3v) is 7.91. The lowest BCUT2D eigenvalue weighted by Crippen LogP contribution is -2.65. The van der Waals surface area contributed by atoms with E-state index in [0.717, 1.165) is 35.6 Å². The molecule has 4 fully saturated rings. The molecule has 0 aromatic heterocycles. The number of rotatable bonds is 5. The van der Waals surface area contributed by atoms with Crippen molar-refractivity contribution in [2.45, 2.75) is 37.0 Å². The summed E-state index contributed by atoms with van der Waals surface area (Å²) in [6, 6.07) is 10.0. The van der Waals surface area contributed by atoms with Crippen molar-refractivity contribution < 1.29 is 14.4 Å². The Hall–Kier alpha value is -2.18. The van der Waals surface area contributed by atoms with E-state index in [1.165, 1.54) is 5.57 Å². The van der Waals surface area contributed by atoms with Crippen molar-refractivity contribution in [1.29, 1.82) is 0 Å². The summed E-state index contributed by atoms with van der Waals surface area (Å²) in [6.07, 6.45) is 12.0. The monoisotopic (exact) mass is 450 g/mol. The molecule has 5 aliphatic heterocycles. The number of hydroxylamine groups is 2. The third-order valence-electron chi connectivity index (χ3n) is 7.63. The second kappa shape index (κ2) is 7.42. The lowest BCUT2D eigenvalue weighted by molar-refractivity contribution is -0.304. The fourth-order valence-electron chi connectivity index (χ4n) is 6.25. The zero-order valence-corrected chi connectivity index (χ0v) is 18.9. The molecule has 1 aromatic carbocycles. The molecule has 5 unspecified atom stereocenters. The normalized spacial score (nSPS) is 37.0. The zero-order chi connectivity index (χ0) is 21.9. The molecular formula is C26H27ClN2O3.